The van der Waals surface area contributed by atoms with Crippen molar-refractivity contribution >= 4 is 23.9 Å². The normalized spacial score (nSPS) is 13.5. The number of hydrogen-bond donors (Lipinski definition) is 2. The Hall–Kier alpha value is -4.32. The molecule has 47 heavy (non-hydrogen) atoms. The highest BCUT2D eigenvalue weighted by Crippen LogP contribution is 2.28. The predicted octanol–water partition coefficient (Wildman–Crippen LogP) is 6.35. The van der Waals surface area contributed by atoms with Crippen LogP contribution in [0.3, 0.4) is 0 Å². The fourth-order valence-corrected chi connectivity index (χ4v) is 5.02. The fraction of sp³-hybridized carbons (Fsp3) is 0.526. The first-order valence-electron chi connectivity index (χ1n) is 16.4. The van der Waals surface area contributed by atoms with Crippen LogP contribution >= 0.6 is 0 Å². The van der Waals surface area contributed by atoms with E-state index >= 15 is 0 Å². The van der Waals surface area contributed by atoms with E-state index in [4.69, 9.17) is 15.9 Å². The van der Waals surface area contributed by atoms with Gasteiger partial charge in [-0.15, -0.1) is 6.42 Å². The van der Waals surface area contributed by atoms with Crippen molar-refractivity contribution in [2.24, 2.45) is 5.92 Å². The van der Waals surface area contributed by atoms with E-state index in [0.29, 0.717) is 24.0 Å². The van der Waals surface area contributed by atoms with Crippen molar-refractivity contribution < 1.29 is 28.7 Å². The lowest BCUT2D eigenvalue weighted by atomic mass is 9.95. The quantitative estimate of drug-likeness (QED) is 0.183. The first-order valence-corrected chi connectivity index (χ1v) is 16.4. The smallest absolute Gasteiger partial charge is 0.408 e. The average Bonchev–Trinajstić information content (AvgIpc) is 2.96. The third kappa shape index (κ3) is 13.1. The third-order valence-corrected chi connectivity index (χ3v) is 6.99. The molecule has 2 aromatic carbocycles. The summed E-state index contributed by atoms with van der Waals surface area (Å²) in [6, 6.07) is 13.0. The van der Waals surface area contributed by atoms with Gasteiger partial charge in [0, 0.05) is 18.5 Å². The fourth-order valence-electron chi connectivity index (χ4n) is 5.02. The molecule has 0 saturated carbocycles. The second-order valence-corrected chi connectivity index (χ2v) is 14.1. The van der Waals surface area contributed by atoms with Gasteiger partial charge in [0.1, 0.15) is 29.3 Å². The average molecular weight is 648 g/mol. The molecule has 9 heteroatoms. The largest absolute Gasteiger partial charge is 0.458 e. The van der Waals surface area contributed by atoms with Crippen molar-refractivity contribution in [3.8, 4) is 12.3 Å². The van der Waals surface area contributed by atoms with E-state index in [0.717, 1.165) is 12.0 Å². The maximum atomic E-state index is 14.6. The van der Waals surface area contributed by atoms with Gasteiger partial charge in [-0.2, -0.15) is 0 Å². The molecular weight excluding hydrogens is 594 g/mol. The van der Waals surface area contributed by atoms with Crippen LogP contribution in [0.25, 0.3) is 0 Å². The van der Waals surface area contributed by atoms with Gasteiger partial charge < -0.3 is 25.0 Å². The van der Waals surface area contributed by atoms with Crippen molar-refractivity contribution in [1.82, 2.24) is 15.5 Å². The second kappa shape index (κ2) is 17.6. The van der Waals surface area contributed by atoms with E-state index in [-0.39, 0.29) is 18.9 Å². The summed E-state index contributed by atoms with van der Waals surface area (Å²) in [5.74, 6) is 1.02. The Balaban J connectivity index is 2.67. The predicted molar refractivity (Wildman–Crippen MR) is 184 cm³/mol. The molecule has 3 unspecified atom stereocenters. The summed E-state index contributed by atoms with van der Waals surface area (Å²) in [5.41, 5.74) is 0.106. The van der Waals surface area contributed by atoms with Crippen LogP contribution in [0.4, 0.5) is 4.79 Å². The number of unbranched alkanes of at least 4 members (excludes halogenated alkanes) is 1. The zero-order chi connectivity index (χ0) is 35.4. The molecule has 3 amide bonds. The van der Waals surface area contributed by atoms with Gasteiger partial charge >= 0.3 is 12.1 Å². The van der Waals surface area contributed by atoms with Crippen LogP contribution in [0, 0.1) is 18.3 Å². The van der Waals surface area contributed by atoms with E-state index in [9.17, 15) is 19.2 Å². The highest BCUT2D eigenvalue weighted by Gasteiger charge is 2.39. The highest BCUT2D eigenvalue weighted by molar-refractivity contribution is 5.94. The number of alkyl carbamates (subject to hydrolysis) is 1. The summed E-state index contributed by atoms with van der Waals surface area (Å²) < 4.78 is 11.2. The zero-order valence-corrected chi connectivity index (χ0v) is 29.5. The molecule has 2 aromatic rings. The van der Waals surface area contributed by atoms with E-state index in [2.05, 4.69) is 16.6 Å². The number of carbonyl (C=O) groups excluding carboxylic acids is 4. The lowest BCUT2D eigenvalue weighted by Crippen LogP contribution is -2.55. The maximum absolute atomic E-state index is 14.6. The van der Waals surface area contributed by atoms with Gasteiger partial charge in [-0.3, -0.25) is 9.59 Å². The molecule has 0 heterocycles. The molecule has 0 radical (unpaired) electrons. The first kappa shape index (κ1) is 38.9. The minimum absolute atomic E-state index is 0.0274. The molecule has 0 fully saturated rings. The van der Waals surface area contributed by atoms with Crippen LogP contribution in [-0.2, 0) is 30.3 Å². The van der Waals surface area contributed by atoms with E-state index in [1.165, 1.54) is 4.90 Å². The Kier molecular flexibility index (Phi) is 14.5. The van der Waals surface area contributed by atoms with Crippen LogP contribution in [0.2, 0.25) is 0 Å². The molecule has 0 aliphatic carbocycles. The monoisotopic (exact) mass is 647 g/mol. The molecule has 0 aromatic heterocycles. The zero-order valence-electron chi connectivity index (χ0n) is 29.5. The third-order valence-electron chi connectivity index (χ3n) is 6.99. The van der Waals surface area contributed by atoms with Crippen molar-refractivity contribution in [1.29, 1.82) is 0 Å². The van der Waals surface area contributed by atoms with Crippen LogP contribution in [0.1, 0.15) is 104 Å². The van der Waals surface area contributed by atoms with Crippen molar-refractivity contribution in [2.75, 3.05) is 6.54 Å². The maximum Gasteiger partial charge on any atom is 0.408 e. The summed E-state index contributed by atoms with van der Waals surface area (Å²) >= 11 is 0. The summed E-state index contributed by atoms with van der Waals surface area (Å²) in [6.45, 7) is 16.6. The minimum Gasteiger partial charge on any atom is -0.458 e. The second-order valence-electron chi connectivity index (χ2n) is 14.1. The topological polar surface area (TPSA) is 114 Å². The molecule has 256 valence electrons. The van der Waals surface area contributed by atoms with Gasteiger partial charge in [0.2, 0.25) is 11.8 Å². The molecule has 9 nitrogen and oxygen atoms in total. The Morgan fingerprint density at radius 3 is 2.00 bits per heavy atom. The van der Waals surface area contributed by atoms with Gasteiger partial charge in [0.25, 0.3) is 0 Å². The summed E-state index contributed by atoms with van der Waals surface area (Å²) in [5, 5.41) is 5.67. The van der Waals surface area contributed by atoms with Gasteiger partial charge in [-0.05, 0) is 77.5 Å². The number of hydrogen-bond acceptors (Lipinski definition) is 6. The van der Waals surface area contributed by atoms with Crippen LogP contribution in [-0.4, -0.2) is 58.6 Å². The van der Waals surface area contributed by atoms with Crippen LogP contribution < -0.4 is 10.6 Å². The van der Waals surface area contributed by atoms with Gasteiger partial charge in [0.15, 0.2) is 0 Å². The molecule has 2 N–H and O–H groups in total. The van der Waals surface area contributed by atoms with Crippen molar-refractivity contribution in [2.45, 2.75) is 117 Å². The Labute approximate surface area is 281 Å². The minimum atomic E-state index is -1.21. The number of nitrogens with one attached hydrogen (secondary N) is 2. The summed E-state index contributed by atoms with van der Waals surface area (Å²) in [6.07, 6.45) is 6.96. The Morgan fingerprint density at radius 2 is 1.45 bits per heavy atom. The number of benzene rings is 2. The molecule has 0 aliphatic rings. The van der Waals surface area contributed by atoms with Crippen molar-refractivity contribution in [3.63, 3.8) is 0 Å². The Morgan fingerprint density at radius 1 is 0.851 bits per heavy atom. The highest BCUT2D eigenvalue weighted by atomic mass is 16.6. The number of ether oxygens (including phenoxy) is 2. The molecule has 3 atom stereocenters. The molecule has 0 spiro atoms. The van der Waals surface area contributed by atoms with Gasteiger partial charge in [-0.25, -0.2) is 9.59 Å². The molecule has 0 saturated heterocycles. The lowest BCUT2D eigenvalue weighted by Gasteiger charge is -2.36. The number of nitrogens with zero attached hydrogens (tertiary/aromatic N) is 1. The number of carbonyl (C=O) groups is 4. The number of amides is 3. The van der Waals surface area contributed by atoms with Crippen LogP contribution in [0.15, 0.2) is 54.6 Å². The SMILES string of the molecule is C#Cc1ccccc1C(C(=O)NC(Cc1ccccc1)C(=O)OC(C)(C)C)N(CCCC)C(=O)C(CC(C)C)NC(=O)OC(C)(C)C. The summed E-state index contributed by atoms with van der Waals surface area (Å²) in [7, 11) is 0. The molecule has 2 rings (SSSR count). The molecule has 0 bridgehead atoms. The standard InChI is InChI=1S/C38H53N3O6/c1-11-13-23-41(34(43)30(24-26(3)4)40-36(45)47-38(8,9)10)32(29-22-18-17-21-28(29)12-2)33(42)39-31(35(44)46-37(5,6)7)25-27-19-15-14-16-20-27/h2,14-22,26,30-32H,11,13,23-25H2,1,3-10H3,(H,39,42)(H,40,45). The first-order chi connectivity index (χ1) is 22.0. The number of esters is 1. The molecular formula is C38H53N3O6. The van der Waals surface area contributed by atoms with Gasteiger partial charge in [0.05, 0.1) is 0 Å². The molecule has 0 aliphatic heterocycles. The van der Waals surface area contributed by atoms with Crippen molar-refractivity contribution in [3.05, 3.63) is 71.3 Å². The summed E-state index contributed by atoms with van der Waals surface area (Å²) in [4.78, 5) is 57.0. The number of terminal acetylenes is 1. The van der Waals surface area contributed by atoms with E-state index in [1.807, 2.05) is 51.1 Å². The van der Waals surface area contributed by atoms with Crippen LogP contribution in [0.5, 0.6) is 0 Å². The van der Waals surface area contributed by atoms with E-state index in [1.54, 1.807) is 65.8 Å². The number of rotatable bonds is 14. The Bertz CT molecular complexity index is 1380. The van der Waals surface area contributed by atoms with Gasteiger partial charge in [-0.1, -0.05) is 81.6 Å². The van der Waals surface area contributed by atoms with E-state index < -0.39 is 53.2 Å². The lowest BCUT2D eigenvalue weighted by molar-refractivity contribution is -0.159.